The Bertz CT molecular complexity index is 297. The molecule has 0 aliphatic carbocycles. The molecule has 1 aromatic carbocycles. The van der Waals surface area contributed by atoms with Gasteiger partial charge in [-0.2, -0.15) is 0 Å². The third-order valence-electron chi connectivity index (χ3n) is 2.26. The van der Waals surface area contributed by atoms with Crippen molar-refractivity contribution in [2.24, 2.45) is 5.84 Å². The zero-order chi connectivity index (χ0) is 10.1. The van der Waals surface area contributed by atoms with Crippen molar-refractivity contribution in [1.29, 1.82) is 0 Å². The second-order valence-electron chi connectivity index (χ2n) is 4.42. The highest BCUT2D eigenvalue weighted by molar-refractivity contribution is 5.52. The number of rotatable bonds is 1. The number of anilines is 1. The Hall–Kier alpha value is -1.02. The minimum atomic E-state index is 0.180. The van der Waals surface area contributed by atoms with Gasteiger partial charge in [-0.3, -0.25) is 5.84 Å². The lowest BCUT2D eigenvalue weighted by Gasteiger charge is -2.20. The van der Waals surface area contributed by atoms with Gasteiger partial charge in [0.25, 0.3) is 0 Å². The van der Waals surface area contributed by atoms with Gasteiger partial charge in [0.1, 0.15) is 0 Å². The van der Waals surface area contributed by atoms with Crippen LogP contribution in [-0.2, 0) is 5.41 Å². The van der Waals surface area contributed by atoms with Crippen LogP contribution in [0.5, 0.6) is 0 Å². The first-order valence-electron chi connectivity index (χ1n) is 4.53. The van der Waals surface area contributed by atoms with Crippen LogP contribution in [0.2, 0.25) is 0 Å². The number of benzene rings is 1. The molecule has 1 rings (SSSR count). The molecule has 1 aromatic rings. The topological polar surface area (TPSA) is 38.0 Å². The summed E-state index contributed by atoms with van der Waals surface area (Å²) < 4.78 is 0. The van der Waals surface area contributed by atoms with Gasteiger partial charge in [-0.1, -0.05) is 32.9 Å². The summed E-state index contributed by atoms with van der Waals surface area (Å²) in [5.41, 5.74) is 6.37. The molecule has 0 radical (unpaired) electrons. The maximum Gasteiger partial charge on any atom is 0.0517 e. The van der Waals surface area contributed by atoms with Gasteiger partial charge in [0, 0.05) is 0 Å². The molecule has 0 aliphatic heterocycles. The number of aryl methyl sites for hydroxylation is 1. The van der Waals surface area contributed by atoms with Gasteiger partial charge in [0.15, 0.2) is 0 Å². The molecule has 72 valence electrons. The monoisotopic (exact) mass is 178 g/mol. The SMILES string of the molecule is Cc1ccc(C(C)(C)C)cc1NN. The van der Waals surface area contributed by atoms with E-state index in [1.807, 2.05) is 6.92 Å². The van der Waals surface area contributed by atoms with Crippen LogP contribution in [0.15, 0.2) is 18.2 Å². The second-order valence-corrected chi connectivity index (χ2v) is 4.42. The van der Waals surface area contributed by atoms with E-state index in [1.54, 1.807) is 0 Å². The third-order valence-corrected chi connectivity index (χ3v) is 2.26. The Morgan fingerprint density at radius 2 is 1.85 bits per heavy atom. The number of nitrogen functional groups attached to an aromatic ring is 1. The molecule has 0 bridgehead atoms. The lowest BCUT2D eigenvalue weighted by Crippen LogP contribution is -2.14. The van der Waals surface area contributed by atoms with Crippen LogP contribution < -0.4 is 11.3 Å². The van der Waals surface area contributed by atoms with Crippen LogP contribution in [-0.4, -0.2) is 0 Å². The van der Waals surface area contributed by atoms with Crippen molar-refractivity contribution in [2.75, 3.05) is 5.43 Å². The maximum absolute atomic E-state index is 5.41. The molecule has 0 aromatic heterocycles. The Labute approximate surface area is 80.1 Å². The largest absolute Gasteiger partial charge is 0.324 e. The van der Waals surface area contributed by atoms with Crippen LogP contribution in [0, 0.1) is 6.92 Å². The van der Waals surface area contributed by atoms with Gasteiger partial charge in [0.05, 0.1) is 5.69 Å². The van der Waals surface area contributed by atoms with Crippen molar-refractivity contribution in [3.8, 4) is 0 Å². The van der Waals surface area contributed by atoms with E-state index >= 15 is 0 Å². The lowest BCUT2D eigenvalue weighted by atomic mass is 9.86. The average molecular weight is 178 g/mol. The predicted octanol–water partition coefficient (Wildman–Crippen LogP) is 2.58. The summed E-state index contributed by atoms with van der Waals surface area (Å²) in [4.78, 5) is 0. The summed E-state index contributed by atoms with van der Waals surface area (Å²) in [7, 11) is 0. The number of hydrogen-bond acceptors (Lipinski definition) is 2. The quantitative estimate of drug-likeness (QED) is 0.512. The summed E-state index contributed by atoms with van der Waals surface area (Å²) >= 11 is 0. The zero-order valence-electron chi connectivity index (χ0n) is 8.81. The van der Waals surface area contributed by atoms with Crippen LogP contribution >= 0.6 is 0 Å². The number of nitrogens with two attached hydrogens (primary N) is 1. The Kier molecular flexibility index (Phi) is 2.62. The summed E-state index contributed by atoms with van der Waals surface area (Å²) in [6, 6.07) is 6.35. The smallest absolute Gasteiger partial charge is 0.0517 e. The molecule has 2 heteroatoms. The molecule has 0 atom stereocenters. The Morgan fingerprint density at radius 3 is 2.31 bits per heavy atom. The molecule has 3 N–H and O–H groups in total. The summed E-state index contributed by atoms with van der Waals surface area (Å²) in [6.07, 6.45) is 0. The van der Waals surface area contributed by atoms with Crippen molar-refractivity contribution in [2.45, 2.75) is 33.1 Å². The van der Waals surface area contributed by atoms with E-state index in [1.165, 1.54) is 11.1 Å². The van der Waals surface area contributed by atoms with Gasteiger partial charge in [-0.25, -0.2) is 0 Å². The molecule has 0 saturated heterocycles. The molecular formula is C11H18N2. The van der Waals surface area contributed by atoms with Crippen molar-refractivity contribution >= 4 is 5.69 Å². The van der Waals surface area contributed by atoms with E-state index < -0.39 is 0 Å². The molecule has 13 heavy (non-hydrogen) atoms. The molecule has 0 saturated carbocycles. The molecule has 0 heterocycles. The predicted molar refractivity (Wildman–Crippen MR) is 57.7 cm³/mol. The number of nitrogens with one attached hydrogen (secondary N) is 1. The van der Waals surface area contributed by atoms with Gasteiger partial charge < -0.3 is 5.43 Å². The second kappa shape index (κ2) is 3.38. The molecule has 0 amide bonds. The first kappa shape index (κ1) is 10.1. The van der Waals surface area contributed by atoms with E-state index in [2.05, 4.69) is 44.4 Å². The fraction of sp³-hybridized carbons (Fsp3) is 0.455. The first-order chi connectivity index (χ1) is 5.95. The highest BCUT2D eigenvalue weighted by Crippen LogP contribution is 2.26. The normalized spacial score (nSPS) is 11.5. The minimum Gasteiger partial charge on any atom is -0.324 e. The Balaban J connectivity index is 3.14. The maximum atomic E-state index is 5.41. The van der Waals surface area contributed by atoms with Crippen LogP contribution in [0.1, 0.15) is 31.9 Å². The third kappa shape index (κ3) is 2.22. The van der Waals surface area contributed by atoms with Gasteiger partial charge >= 0.3 is 0 Å². The van der Waals surface area contributed by atoms with Crippen molar-refractivity contribution < 1.29 is 0 Å². The molecule has 0 aliphatic rings. The highest BCUT2D eigenvalue weighted by atomic mass is 15.2. The van der Waals surface area contributed by atoms with Gasteiger partial charge in [-0.15, -0.1) is 0 Å². The molecule has 0 unspecified atom stereocenters. The zero-order valence-corrected chi connectivity index (χ0v) is 8.81. The standard InChI is InChI=1S/C11H18N2/c1-8-5-6-9(11(2,3)4)7-10(8)13-12/h5-7,13H,12H2,1-4H3. The molecule has 0 spiro atoms. The summed E-state index contributed by atoms with van der Waals surface area (Å²) in [5, 5.41) is 0. The molecule has 0 fully saturated rings. The summed E-state index contributed by atoms with van der Waals surface area (Å²) in [6.45, 7) is 8.62. The van der Waals surface area contributed by atoms with Crippen molar-refractivity contribution in [3.05, 3.63) is 29.3 Å². The minimum absolute atomic E-state index is 0.180. The highest BCUT2D eigenvalue weighted by Gasteiger charge is 2.14. The first-order valence-corrected chi connectivity index (χ1v) is 4.53. The fourth-order valence-electron chi connectivity index (χ4n) is 1.24. The van der Waals surface area contributed by atoms with Crippen LogP contribution in [0.4, 0.5) is 5.69 Å². The van der Waals surface area contributed by atoms with E-state index in [0.717, 1.165) is 5.69 Å². The summed E-state index contributed by atoms with van der Waals surface area (Å²) in [5.74, 6) is 5.41. The van der Waals surface area contributed by atoms with E-state index in [9.17, 15) is 0 Å². The van der Waals surface area contributed by atoms with Crippen molar-refractivity contribution in [1.82, 2.24) is 0 Å². The van der Waals surface area contributed by atoms with Gasteiger partial charge in [-0.05, 0) is 29.5 Å². The molecule has 2 nitrogen and oxygen atoms in total. The lowest BCUT2D eigenvalue weighted by molar-refractivity contribution is 0.590. The number of hydrogen-bond donors (Lipinski definition) is 2. The fourth-order valence-corrected chi connectivity index (χ4v) is 1.24. The molecular weight excluding hydrogens is 160 g/mol. The van der Waals surface area contributed by atoms with E-state index in [4.69, 9.17) is 5.84 Å². The van der Waals surface area contributed by atoms with Crippen LogP contribution in [0.25, 0.3) is 0 Å². The van der Waals surface area contributed by atoms with E-state index in [0.29, 0.717) is 0 Å². The Morgan fingerprint density at radius 1 is 1.23 bits per heavy atom. The van der Waals surface area contributed by atoms with Gasteiger partial charge in [0.2, 0.25) is 0 Å². The van der Waals surface area contributed by atoms with Crippen molar-refractivity contribution in [3.63, 3.8) is 0 Å². The van der Waals surface area contributed by atoms with Crippen LogP contribution in [0.3, 0.4) is 0 Å². The number of hydrazine groups is 1. The van der Waals surface area contributed by atoms with E-state index in [-0.39, 0.29) is 5.41 Å². The average Bonchev–Trinajstić information content (AvgIpc) is 2.03.